The van der Waals surface area contributed by atoms with Crippen LogP contribution in [0.4, 0.5) is 5.69 Å². The van der Waals surface area contributed by atoms with Gasteiger partial charge >= 0.3 is 5.97 Å². The molecule has 4 aromatic rings. The van der Waals surface area contributed by atoms with E-state index >= 15 is 0 Å². The molecule has 0 saturated carbocycles. The van der Waals surface area contributed by atoms with Crippen molar-refractivity contribution in [1.82, 2.24) is 4.57 Å². The normalized spacial score (nSPS) is 16.9. The molecule has 1 amide bonds. The molecule has 6 rings (SSSR count). The van der Waals surface area contributed by atoms with E-state index in [-0.39, 0.29) is 17.0 Å². The third-order valence-corrected chi connectivity index (χ3v) is 8.99. The number of anilines is 1. The van der Waals surface area contributed by atoms with Crippen LogP contribution in [0.2, 0.25) is 5.02 Å². The van der Waals surface area contributed by atoms with E-state index in [0.717, 1.165) is 17.7 Å². The van der Waals surface area contributed by atoms with Crippen molar-refractivity contribution < 1.29 is 19.1 Å². The van der Waals surface area contributed by atoms with Gasteiger partial charge in [0.2, 0.25) is 0 Å². The molecule has 1 aromatic heterocycles. The lowest BCUT2D eigenvalue weighted by atomic mass is 9.94. The van der Waals surface area contributed by atoms with Gasteiger partial charge in [0.05, 0.1) is 48.8 Å². The molecule has 2 aliphatic heterocycles. The summed E-state index contributed by atoms with van der Waals surface area (Å²) >= 11 is 7.26. The Balaban J connectivity index is 1.59. The number of nitrogens with zero attached hydrogens (tertiary/aromatic N) is 3. The topological polar surface area (TPSA) is 90.2 Å². The van der Waals surface area contributed by atoms with Gasteiger partial charge in [-0.3, -0.25) is 14.2 Å². The summed E-state index contributed by atoms with van der Waals surface area (Å²) in [6.07, 6.45) is 1.25. The van der Waals surface area contributed by atoms with Gasteiger partial charge in [0.25, 0.3) is 11.5 Å². The fraction of sp³-hybridized carbons (Fsp3) is 0.235. The van der Waals surface area contributed by atoms with Crippen LogP contribution in [-0.2, 0) is 20.9 Å². The minimum Gasteiger partial charge on any atom is -0.497 e. The summed E-state index contributed by atoms with van der Waals surface area (Å²) in [4.78, 5) is 49.1. The van der Waals surface area contributed by atoms with E-state index in [4.69, 9.17) is 26.1 Å². The van der Waals surface area contributed by atoms with Crippen LogP contribution < -0.4 is 24.5 Å². The number of thiazole rings is 1. The lowest BCUT2D eigenvalue weighted by Gasteiger charge is -2.26. The van der Waals surface area contributed by atoms with Crippen LogP contribution >= 0.6 is 22.9 Å². The van der Waals surface area contributed by atoms with Crippen LogP contribution in [0.5, 0.6) is 5.75 Å². The second-order valence-corrected chi connectivity index (χ2v) is 11.8. The number of ether oxygens (including phenoxy) is 2. The zero-order valence-electron chi connectivity index (χ0n) is 24.5. The maximum Gasteiger partial charge on any atom is 0.338 e. The predicted molar refractivity (Wildman–Crippen MR) is 171 cm³/mol. The Hall–Kier alpha value is -4.47. The van der Waals surface area contributed by atoms with E-state index in [9.17, 15) is 14.4 Å². The van der Waals surface area contributed by atoms with E-state index in [0.29, 0.717) is 56.5 Å². The van der Waals surface area contributed by atoms with Gasteiger partial charge in [-0.2, -0.15) is 0 Å². The van der Waals surface area contributed by atoms with Crippen molar-refractivity contribution >= 4 is 46.1 Å². The lowest BCUT2D eigenvalue weighted by Crippen LogP contribution is -2.41. The second kappa shape index (κ2) is 12.3. The first-order valence-corrected chi connectivity index (χ1v) is 15.6. The summed E-state index contributed by atoms with van der Waals surface area (Å²) in [5.74, 6) is -0.216. The maximum absolute atomic E-state index is 14.5. The Bertz CT molecular complexity index is 1990. The van der Waals surface area contributed by atoms with E-state index in [1.54, 1.807) is 37.1 Å². The van der Waals surface area contributed by atoms with Crippen LogP contribution in [0.3, 0.4) is 0 Å². The molecular formula is C34H30ClN3O5S. The van der Waals surface area contributed by atoms with Gasteiger partial charge in [0.15, 0.2) is 4.80 Å². The largest absolute Gasteiger partial charge is 0.497 e. The number of benzene rings is 3. The molecule has 0 bridgehead atoms. The lowest BCUT2D eigenvalue weighted by molar-refractivity contribution is -0.139. The molecular weight excluding hydrogens is 598 g/mol. The van der Waals surface area contributed by atoms with Gasteiger partial charge in [-0.1, -0.05) is 78.7 Å². The minimum absolute atomic E-state index is 0.176. The molecule has 10 heteroatoms. The molecule has 0 radical (unpaired) electrons. The highest BCUT2D eigenvalue weighted by atomic mass is 35.5. The Morgan fingerprint density at radius 2 is 1.80 bits per heavy atom. The summed E-state index contributed by atoms with van der Waals surface area (Å²) in [6.45, 7) is 4.24. The third-order valence-electron chi connectivity index (χ3n) is 7.68. The van der Waals surface area contributed by atoms with E-state index in [1.165, 1.54) is 15.9 Å². The molecule has 0 saturated heterocycles. The molecule has 3 aromatic carbocycles. The molecule has 2 aliphatic rings. The first kappa shape index (κ1) is 29.6. The summed E-state index contributed by atoms with van der Waals surface area (Å²) < 4.78 is 12.8. The van der Waals surface area contributed by atoms with Crippen LogP contribution in [-0.4, -0.2) is 30.2 Å². The second-order valence-electron chi connectivity index (χ2n) is 10.4. The zero-order valence-corrected chi connectivity index (χ0v) is 26.1. The van der Waals surface area contributed by atoms with Crippen LogP contribution in [0.25, 0.3) is 5.57 Å². The molecule has 224 valence electrons. The predicted octanol–water partition coefficient (Wildman–Crippen LogP) is 5.16. The molecule has 0 unspecified atom stereocenters. The van der Waals surface area contributed by atoms with Crippen molar-refractivity contribution in [3.8, 4) is 5.75 Å². The van der Waals surface area contributed by atoms with Gasteiger partial charge in [0, 0.05) is 10.6 Å². The van der Waals surface area contributed by atoms with E-state index < -0.39 is 17.6 Å². The number of fused-ring (bicyclic) bond motifs is 2. The molecule has 3 heterocycles. The Morgan fingerprint density at radius 1 is 1.02 bits per heavy atom. The summed E-state index contributed by atoms with van der Waals surface area (Å²) in [5, 5.41) is 0.610. The van der Waals surface area contributed by atoms with Crippen molar-refractivity contribution in [2.24, 2.45) is 4.99 Å². The van der Waals surface area contributed by atoms with Crippen molar-refractivity contribution in [3.63, 3.8) is 0 Å². The summed E-state index contributed by atoms with van der Waals surface area (Å²) in [7, 11) is 1.57. The number of para-hydroxylation sites is 1. The molecule has 1 atom stereocenters. The number of allylic oxidation sites excluding steroid dienone is 1. The molecule has 8 nitrogen and oxygen atoms in total. The smallest absolute Gasteiger partial charge is 0.338 e. The first-order valence-electron chi connectivity index (χ1n) is 14.4. The molecule has 0 spiro atoms. The van der Waals surface area contributed by atoms with Gasteiger partial charge in [0.1, 0.15) is 10.3 Å². The average Bonchev–Trinajstić information content (AvgIpc) is 3.49. The number of hydrogen-bond donors (Lipinski definition) is 0. The van der Waals surface area contributed by atoms with Crippen molar-refractivity contribution in [2.75, 3.05) is 18.6 Å². The summed E-state index contributed by atoms with van der Waals surface area (Å²) in [6, 6.07) is 21.3. The van der Waals surface area contributed by atoms with Crippen LogP contribution in [0.15, 0.2) is 93.9 Å². The van der Waals surface area contributed by atoms with Crippen LogP contribution in [0, 0.1) is 0 Å². The minimum atomic E-state index is -0.812. The molecule has 44 heavy (non-hydrogen) atoms. The quantitative estimate of drug-likeness (QED) is 0.252. The van der Waals surface area contributed by atoms with E-state index in [2.05, 4.69) is 0 Å². The highest BCUT2D eigenvalue weighted by Gasteiger charge is 2.38. The van der Waals surface area contributed by atoms with Gasteiger partial charge in [-0.15, -0.1) is 0 Å². The monoisotopic (exact) mass is 627 g/mol. The number of carbonyl (C=O) groups excluding carboxylic acids is 2. The number of amides is 1. The number of halogens is 1. The Kier molecular flexibility index (Phi) is 8.25. The maximum atomic E-state index is 14.5. The SMILES string of the molecule is CCCC1=C(C(=O)OCC)[C@H](c2cccc(OC)c2)n2c(s/c(=C3/C(=O)N(Cc4ccc(Cl)cc4)c4ccccc43)c2=O)=N1. The number of esters is 1. The van der Waals surface area contributed by atoms with Gasteiger partial charge in [-0.25, -0.2) is 9.79 Å². The van der Waals surface area contributed by atoms with Gasteiger partial charge < -0.3 is 14.4 Å². The fourth-order valence-corrected chi connectivity index (χ4v) is 6.96. The first-order chi connectivity index (χ1) is 21.4. The van der Waals surface area contributed by atoms with Crippen molar-refractivity contribution in [2.45, 2.75) is 39.3 Å². The Labute approximate surface area is 263 Å². The van der Waals surface area contributed by atoms with Crippen molar-refractivity contribution in [1.29, 1.82) is 0 Å². The third kappa shape index (κ3) is 5.16. The fourth-order valence-electron chi connectivity index (χ4n) is 5.73. The highest BCUT2D eigenvalue weighted by molar-refractivity contribution is 7.07. The molecule has 0 aliphatic carbocycles. The van der Waals surface area contributed by atoms with E-state index in [1.807, 2.05) is 61.5 Å². The number of hydrogen-bond acceptors (Lipinski definition) is 7. The number of rotatable bonds is 8. The van der Waals surface area contributed by atoms with Crippen molar-refractivity contribution in [3.05, 3.63) is 125 Å². The molecule has 0 fully saturated rings. The number of aromatic nitrogens is 1. The number of methoxy groups -OCH3 is 1. The summed E-state index contributed by atoms with van der Waals surface area (Å²) in [5.41, 5.74) is 3.78. The molecule has 0 N–H and O–H groups in total. The Morgan fingerprint density at radius 3 is 2.52 bits per heavy atom. The van der Waals surface area contributed by atoms with Gasteiger partial charge in [-0.05, 0) is 54.8 Å². The average molecular weight is 628 g/mol. The number of carbonyl (C=O) groups is 2. The standard InChI is InChI=1S/C34H30ClN3O5S/c1-4-9-25-28(33(41)43-5-2)29(21-10-8-11-23(18-21)42-3)38-32(40)30(44-34(38)36-25)27-24-12-6-7-13-26(24)37(31(27)39)19-20-14-16-22(35)17-15-20/h6-8,10-18,29H,4-5,9,19H2,1-3H3/b30-27+/t29-/m0/s1. The van der Waals surface area contributed by atoms with Crippen LogP contribution in [0.1, 0.15) is 49.4 Å². The highest BCUT2D eigenvalue weighted by Crippen LogP contribution is 2.37. The zero-order chi connectivity index (χ0) is 31.0.